The molecule has 0 amide bonds. The van der Waals surface area contributed by atoms with Gasteiger partial charge < -0.3 is 14.6 Å². The van der Waals surface area contributed by atoms with E-state index in [-0.39, 0.29) is 24.9 Å². The fourth-order valence-corrected chi connectivity index (χ4v) is 2.11. The Labute approximate surface area is 93.5 Å². The maximum absolute atomic E-state index is 9.11. The first-order valence-electron chi connectivity index (χ1n) is 5.41. The van der Waals surface area contributed by atoms with Crippen molar-refractivity contribution in [1.82, 2.24) is 0 Å². The summed E-state index contributed by atoms with van der Waals surface area (Å²) in [5.41, 5.74) is 0.980. The van der Waals surface area contributed by atoms with Crippen molar-refractivity contribution in [2.45, 2.75) is 18.2 Å². The van der Waals surface area contributed by atoms with Crippen molar-refractivity contribution in [2.24, 2.45) is 4.99 Å². The summed E-state index contributed by atoms with van der Waals surface area (Å²) in [4.78, 5) is 4.48. The van der Waals surface area contributed by atoms with Crippen LogP contribution in [0.2, 0.25) is 0 Å². The fraction of sp³-hybridized carbons (Fsp3) is 0.417. The van der Waals surface area contributed by atoms with Gasteiger partial charge in [-0.15, -0.1) is 0 Å². The molecular formula is C12H13NO3. The second-order valence-corrected chi connectivity index (χ2v) is 4.00. The van der Waals surface area contributed by atoms with E-state index in [1.165, 1.54) is 0 Å². The van der Waals surface area contributed by atoms with E-state index in [4.69, 9.17) is 14.6 Å². The minimum absolute atomic E-state index is 0.0151. The summed E-state index contributed by atoms with van der Waals surface area (Å²) < 4.78 is 11.1. The van der Waals surface area contributed by atoms with Crippen LogP contribution in [-0.2, 0) is 9.47 Å². The van der Waals surface area contributed by atoms with Crippen LogP contribution in [0.5, 0.6) is 0 Å². The Hall–Kier alpha value is -1.39. The van der Waals surface area contributed by atoms with Crippen molar-refractivity contribution in [3.05, 3.63) is 35.9 Å². The number of ether oxygens (including phenoxy) is 2. The Morgan fingerprint density at radius 2 is 2.12 bits per heavy atom. The van der Waals surface area contributed by atoms with E-state index in [2.05, 4.69) is 4.99 Å². The predicted octanol–water partition coefficient (Wildman–Crippen LogP) is 0.592. The molecule has 0 aliphatic carbocycles. The van der Waals surface area contributed by atoms with Crippen molar-refractivity contribution in [3.63, 3.8) is 0 Å². The quantitative estimate of drug-likeness (QED) is 0.792. The van der Waals surface area contributed by atoms with Gasteiger partial charge in [0, 0.05) is 5.56 Å². The second-order valence-electron chi connectivity index (χ2n) is 4.00. The van der Waals surface area contributed by atoms with E-state index in [9.17, 15) is 0 Å². The number of fused-ring (bicyclic) bond motifs is 1. The van der Waals surface area contributed by atoms with E-state index in [0.717, 1.165) is 5.56 Å². The molecule has 0 spiro atoms. The second kappa shape index (κ2) is 3.88. The van der Waals surface area contributed by atoms with E-state index >= 15 is 0 Å². The number of rotatable bonds is 2. The number of hydrogen-bond donors (Lipinski definition) is 1. The summed E-state index contributed by atoms with van der Waals surface area (Å²) >= 11 is 0. The van der Waals surface area contributed by atoms with Crippen LogP contribution in [0.4, 0.5) is 0 Å². The van der Waals surface area contributed by atoms with E-state index < -0.39 is 0 Å². The highest BCUT2D eigenvalue weighted by atomic mass is 16.6. The zero-order valence-electron chi connectivity index (χ0n) is 8.74. The number of aliphatic imine (C=N–C) groups is 1. The Balaban J connectivity index is 1.82. The molecular weight excluding hydrogens is 206 g/mol. The third-order valence-corrected chi connectivity index (χ3v) is 2.96. The van der Waals surface area contributed by atoms with Crippen LogP contribution in [0.25, 0.3) is 0 Å². The van der Waals surface area contributed by atoms with Crippen LogP contribution in [0.1, 0.15) is 5.56 Å². The van der Waals surface area contributed by atoms with Crippen LogP contribution in [-0.4, -0.2) is 42.5 Å². The Kier molecular flexibility index (Phi) is 2.38. The summed E-state index contributed by atoms with van der Waals surface area (Å²) in [5.74, 6) is 0.664. The third kappa shape index (κ3) is 1.50. The van der Waals surface area contributed by atoms with Gasteiger partial charge in [0.1, 0.15) is 12.1 Å². The SMILES string of the molecule is OC[C@@H]1OC[C@@H]2N=C(c3ccccc3)O[C@@H]21. The maximum Gasteiger partial charge on any atom is 0.217 e. The highest BCUT2D eigenvalue weighted by Crippen LogP contribution is 2.27. The number of aliphatic hydroxyl groups excluding tert-OH is 1. The van der Waals surface area contributed by atoms with Crippen LogP contribution in [0.3, 0.4) is 0 Å². The van der Waals surface area contributed by atoms with Gasteiger partial charge in [0.05, 0.1) is 13.2 Å². The standard InChI is InChI=1S/C12H13NO3/c14-6-10-11-9(7-15-10)13-12(16-11)8-4-2-1-3-5-8/h1-5,9-11,14H,6-7H2/t9-,10-,11-/m0/s1. The van der Waals surface area contributed by atoms with Crippen LogP contribution < -0.4 is 0 Å². The molecule has 0 saturated carbocycles. The fourth-order valence-electron chi connectivity index (χ4n) is 2.11. The zero-order chi connectivity index (χ0) is 11.0. The predicted molar refractivity (Wildman–Crippen MR) is 58.5 cm³/mol. The Morgan fingerprint density at radius 1 is 1.31 bits per heavy atom. The molecule has 0 bridgehead atoms. The van der Waals surface area contributed by atoms with Gasteiger partial charge in [-0.1, -0.05) is 18.2 Å². The number of benzene rings is 1. The highest BCUT2D eigenvalue weighted by Gasteiger charge is 2.43. The molecule has 0 unspecified atom stereocenters. The van der Waals surface area contributed by atoms with Gasteiger partial charge in [0.2, 0.25) is 5.90 Å². The average Bonchev–Trinajstić information content (AvgIpc) is 2.89. The lowest BCUT2D eigenvalue weighted by molar-refractivity contribution is 0.0108. The van der Waals surface area contributed by atoms with Crippen LogP contribution in [0, 0.1) is 0 Å². The van der Waals surface area contributed by atoms with Crippen molar-refractivity contribution < 1.29 is 14.6 Å². The van der Waals surface area contributed by atoms with Gasteiger partial charge in [-0.05, 0) is 12.1 Å². The zero-order valence-corrected chi connectivity index (χ0v) is 8.74. The number of nitrogens with zero attached hydrogens (tertiary/aromatic N) is 1. The first kappa shape index (κ1) is 9.81. The minimum Gasteiger partial charge on any atom is -0.469 e. The van der Waals surface area contributed by atoms with Gasteiger partial charge in [0.25, 0.3) is 0 Å². The molecule has 1 saturated heterocycles. The molecule has 3 atom stereocenters. The van der Waals surface area contributed by atoms with E-state index in [1.54, 1.807) is 0 Å². The van der Waals surface area contributed by atoms with Gasteiger partial charge in [-0.25, -0.2) is 4.99 Å². The lowest BCUT2D eigenvalue weighted by Gasteiger charge is -2.14. The Bertz CT molecular complexity index is 404. The molecule has 3 rings (SSSR count). The first-order chi connectivity index (χ1) is 7.88. The monoisotopic (exact) mass is 219 g/mol. The lowest BCUT2D eigenvalue weighted by Crippen LogP contribution is -2.31. The average molecular weight is 219 g/mol. The summed E-state index contributed by atoms with van der Waals surface area (Å²) in [7, 11) is 0. The van der Waals surface area contributed by atoms with E-state index in [0.29, 0.717) is 12.5 Å². The van der Waals surface area contributed by atoms with Gasteiger partial charge in [0.15, 0.2) is 6.10 Å². The van der Waals surface area contributed by atoms with Crippen LogP contribution in [0.15, 0.2) is 35.3 Å². The Morgan fingerprint density at radius 3 is 2.88 bits per heavy atom. The first-order valence-corrected chi connectivity index (χ1v) is 5.41. The molecule has 1 fully saturated rings. The molecule has 2 heterocycles. The largest absolute Gasteiger partial charge is 0.469 e. The molecule has 1 aromatic carbocycles. The molecule has 84 valence electrons. The molecule has 2 aliphatic rings. The molecule has 4 heteroatoms. The van der Waals surface area contributed by atoms with Crippen molar-refractivity contribution in [1.29, 1.82) is 0 Å². The third-order valence-electron chi connectivity index (χ3n) is 2.96. The summed E-state index contributed by atoms with van der Waals surface area (Å²) in [6.07, 6.45) is -0.366. The molecule has 1 N–H and O–H groups in total. The van der Waals surface area contributed by atoms with Gasteiger partial charge >= 0.3 is 0 Å². The molecule has 0 aromatic heterocycles. The highest BCUT2D eigenvalue weighted by molar-refractivity contribution is 5.95. The molecule has 0 radical (unpaired) electrons. The molecule has 1 aromatic rings. The molecule has 2 aliphatic heterocycles. The summed E-state index contributed by atoms with van der Waals surface area (Å²) in [5, 5.41) is 9.11. The summed E-state index contributed by atoms with van der Waals surface area (Å²) in [6.45, 7) is 0.519. The minimum atomic E-state index is -0.241. The van der Waals surface area contributed by atoms with Crippen molar-refractivity contribution in [2.75, 3.05) is 13.2 Å². The molecule has 4 nitrogen and oxygen atoms in total. The van der Waals surface area contributed by atoms with Crippen LogP contribution >= 0.6 is 0 Å². The van der Waals surface area contributed by atoms with Gasteiger partial charge in [-0.3, -0.25) is 0 Å². The van der Waals surface area contributed by atoms with Gasteiger partial charge in [-0.2, -0.15) is 0 Å². The smallest absolute Gasteiger partial charge is 0.217 e. The topological polar surface area (TPSA) is 51.0 Å². The van der Waals surface area contributed by atoms with E-state index in [1.807, 2.05) is 30.3 Å². The maximum atomic E-state index is 9.11. The summed E-state index contributed by atoms with van der Waals surface area (Å²) in [6, 6.07) is 9.83. The van der Waals surface area contributed by atoms with Crippen molar-refractivity contribution >= 4 is 5.90 Å². The number of hydrogen-bond acceptors (Lipinski definition) is 4. The number of aliphatic hydroxyl groups is 1. The van der Waals surface area contributed by atoms with Crippen molar-refractivity contribution in [3.8, 4) is 0 Å². The lowest BCUT2D eigenvalue weighted by atomic mass is 10.1. The normalized spacial score (nSPS) is 32.1. The molecule has 16 heavy (non-hydrogen) atoms.